The molecule has 1 aromatic rings. The Morgan fingerprint density at radius 3 is 2.61 bits per heavy atom. The fourth-order valence-electron chi connectivity index (χ4n) is 2.05. The van der Waals surface area contributed by atoms with Crippen molar-refractivity contribution in [3.63, 3.8) is 0 Å². The number of hydrogen-bond donors (Lipinski definition) is 1. The maximum Gasteiger partial charge on any atom is 0.236 e. The number of rotatable bonds is 2. The van der Waals surface area contributed by atoms with Gasteiger partial charge in [0.25, 0.3) is 0 Å². The van der Waals surface area contributed by atoms with Crippen LogP contribution in [-0.2, 0) is 4.79 Å². The largest absolute Gasteiger partial charge is 0.366 e. The third kappa shape index (κ3) is 2.73. The van der Waals surface area contributed by atoms with Crippen molar-refractivity contribution in [1.82, 2.24) is 4.90 Å². The van der Waals surface area contributed by atoms with Gasteiger partial charge in [-0.3, -0.25) is 4.79 Å². The van der Waals surface area contributed by atoms with E-state index in [2.05, 4.69) is 0 Å². The molecule has 1 heterocycles. The second kappa shape index (κ2) is 5.54. The first-order chi connectivity index (χ1) is 8.61. The van der Waals surface area contributed by atoms with Crippen LogP contribution in [0.15, 0.2) is 18.2 Å². The lowest BCUT2D eigenvalue weighted by atomic mass is 10.2. The number of hydrogen-bond acceptors (Lipinski definition) is 3. The molecule has 0 bridgehead atoms. The molecule has 0 aromatic heterocycles. The molecule has 1 aliphatic heterocycles. The molecule has 6 heteroatoms. The molecule has 1 amide bonds. The summed E-state index contributed by atoms with van der Waals surface area (Å²) in [7, 11) is 0. The standard InChI is InChI=1S/C12H15ClFN3O/c13-9-1-2-10(14)11(7-9)16-3-5-17(6-4-16)12(18)8-15/h1-2,7H,3-6,8,15H2. The van der Waals surface area contributed by atoms with E-state index in [4.69, 9.17) is 17.3 Å². The van der Waals surface area contributed by atoms with Crippen LogP contribution in [0, 0.1) is 5.82 Å². The zero-order valence-corrected chi connectivity index (χ0v) is 10.7. The number of piperazine rings is 1. The quantitative estimate of drug-likeness (QED) is 0.876. The maximum atomic E-state index is 13.7. The van der Waals surface area contributed by atoms with Gasteiger partial charge in [0.2, 0.25) is 5.91 Å². The summed E-state index contributed by atoms with van der Waals surface area (Å²) in [6, 6.07) is 4.49. The van der Waals surface area contributed by atoms with Crippen molar-refractivity contribution in [3.8, 4) is 0 Å². The summed E-state index contributed by atoms with van der Waals surface area (Å²) in [6.45, 7) is 2.31. The second-order valence-electron chi connectivity index (χ2n) is 4.17. The van der Waals surface area contributed by atoms with Crippen LogP contribution in [0.4, 0.5) is 10.1 Å². The van der Waals surface area contributed by atoms with E-state index in [1.54, 1.807) is 11.0 Å². The highest BCUT2D eigenvalue weighted by atomic mass is 35.5. The van der Waals surface area contributed by atoms with Gasteiger partial charge < -0.3 is 15.5 Å². The van der Waals surface area contributed by atoms with Crippen molar-refractivity contribution in [3.05, 3.63) is 29.0 Å². The monoisotopic (exact) mass is 271 g/mol. The van der Waals surface area contributed by atoms with Gasteiger partial charge in [0.1, 0.15) is 5.82 Å². The van der Waals surface area contributed by atoms with E-state index in [9.17, 15) is 9.18 Å². The zero-order valence-electron chi connectivity index (χ0n) is 9.90. The molecule has 1 saturated heterocycles. The normalized spacial score (nSPS) is 15.9. The molecule has 1 aliphatic rings. The number of halogens is 2. The molecule has 0 spiro atoms. The highest BCUT2D eigenvalue weighted by molar-refractivity contribution is 6.30. The first-order valence-electron chi connectivity index (χ1n) is 5.79. The fourth-order valence-corrected chi connectivity index (χ4v) is 2.22. The Labute approximate surface area is 110 Å². The molecule has 0 aliphatic carbocycles. The van der Waals surface area contributed by atoms with Crippen LogP contribution in [0.1, 0.15) is 0 Å². The number of nitrogens with zero attached hydrogens (tertiary/aromatic N) is 2. The molecular formula is C12H15ClFN3O. The summed E-state index contributed by atoms with van der Waals surface area (Å²) < 4.78 is 13.7. The topological polar surface area (TPSA) is 49.6 Å². The Morgan fingerprint density at radius 1 is 1.33 bits per heavy atom. The van der Waals surface area contributed by atoms with Gasteiger partial charge in [0, 0.05) is 31.2 Å². The highest BCUT2D eigenvalue weighted by Crippen LogP contribution is 2.24. The Balaban J connectivity index is 2.05. The summed E-state index contributed by atoms with van der Waals surface area (Å²) in [5.41, 5.74) is 5.80. The summed E-state index contributed by atoms with van der Waals surface area (Å²) in [5, 5.41) is 0.506. The molecule has 1 aromatic carbocycles. The molecule has 1 fully saturated rings. The number of benzene rings is 1. The Morgan fingerprint density at radius 2 is 2.00 bits per heavy atom. The zero-order chi connectivity index (χ0) is 13.1. The Hall–Kier alpha value is -1.33. The first kappa shape index (κ1) is 13.1. The predicted octanol–water partition coefficient (Wildman–Crippen LogP) is 1.09. The van der Waals surface area contributed by atoms with Crippen molar-refractivity contribution in [2.45, 2.75) is 0 Å². The molecule has 0 atom stereocenters. The molecule has 0 unspecified atom stereocenters. The number of carbonyl (C=O) groups excluding carboxylic acids is 1. The van der Waals surface area contributed by atoms with Crippen LogP contribution < -0.4 is 10.6 Å². The third-order valence-corrected chi connectivity index (χ3v) is 3.29. The molecule has 98 valence electrons. The third-order valence-electron chi connectivity index (χ3n) is 3.06. The van der Waals surface area contributed by atoms with Crippen LogP contribution in [0.5, 0.6) is 0 Å². The highest BCUT2D eigenvalue weighted by Gasteiger charge is 2.22. The number of amides is 1. The Bertz CT molecular complexity index is 447. The van der Waals surface area contributed by atoms with Crippen molar-refractivity contribution in [2.75, 3.05) is 37.6 Å². The van der Waals surface area contributed by atoms with Crippen molar-refractivity contribution in [1.29, 1.82) is 0 Å². The van der Waals surface area contributed by atoms with Gasteiger partial charge in [-0.25, -0.2) is 4.39 Å². The van der Waals surface area contributed by atoms with E-state index in [-0.39, 0.29) is 18.3 Å². The van der Waals surface area contributed by atoms with Crippen molar-refractivity contribution < 1.29 is 9.18 Å². The lowest BCUT2D eigenvalue weighted by molar-refractivity contribution is -0.129. The Kier molecular flexibility index (Phi) is 4.04. The van der Waals surface area contributed by atoms with E-state index in [0.717, 1.165) is 0 Å². The molecule has 0 radical (unpaired) electrons. The molecular weight excluding hydrogens is 257 g/mol. The van der Waals surface area contributed by atoms with Gasteiger partial charge in [-0.2, -0.15) is 0 Å². The summed E-state index contributed by atoms with van der Waals surface area (Å²) in [6.07, 6.45) is 0. The van der Waals surface area contributed by atoms with Crippen LogP contribution in [0.2, 0.25) is 5.02 Å². The first-order valence-corrected chi connectivity index (χ1v) is 6.17. The van der Waals surface area contributed by atoms with Gasteiger partial charge in [-0.15, -0.1) is 0 Å². The van der Waals surface area contributed by atoms with Gasteiger partial charge in [0.15, 0.2) is 0 Å². The minimum atomic E-state index is -0.294. The van der Waals surface area contributed by atoms with Crippen LogP contribution in [-0.4, -0.2) is 43.5 Å². The summed E-state index contributed by atoms with van der Waals surface area (Å²) in [5.74, 6) is -0.362. The fraction of sp³-hybridized carbons (Fsp3) is 0.417. The molecule has 18 heavy (non-hydrogen) atoms. The lowest BCUT2D eigenvalue weighted by Crippen LogP contribution is -2.50. The predicted molar refractivity (Wildman–Crippen MR) is 69.3 cm³/mol. The average Bonchev–Trinajstić information content (AvgIpc) is 2.41. The summed E-state index contributed by atoms with van der Waals surface area (Å²) >= 11 is 5.86. The van der Waals surface area contributed by atoms with Crippen LogP contribution in [0.3, 0.4) is 0 Å². The van der Waals surface area contributed by atoms with E-state index in [0.29, 0.717) is 36.9 Å². The number of nitrogens with two attached hydrogens (primary N) is 1. The van der Waals surface area contributed by atoms with Gasteiger partial charge in [0.05, 0.1) is 12.2 Å². The molecule has 0 saturated carbocycles. The van der Waals surface area contributed by atoms with Crippen LogP contribution >= 0.6 is 11.6 Å². The van der Waals surface area contributed by atoms with Crippen molar-refractivity contribution in [2.24, 2.45) is 5.73 Å². The van der Waals surface area contributed by atoms with E-state index in [1.165, 1.54) is 12.1 Å². The van der Waals surface area contributed by atoms with E-state index in [1.807, 2.05) is 4.90 Å². The lowest BCUT2D eigenvalue weighted by Gasteiger charge is -2.36. The van der Waals surface area contributed by atoms with Crippen molar-refractivity contribution >= 4 is 23.2 Å². The molecule has 2 N–H and O–H groups in total. The van der Waals surface area contributed by atoms with Gasteiger partial charge >= 0.3 is 0 Å². The number of anilines is 1. The van der Waals surface area contributed by atoms with E-state index >= 15 is 0 Å². The number of carbonyl (C=O) groups is 1. The maximum absolute atomic E-state index is 13.7. The van der Waals surface area contributed by atoms with Gasteiger partial charge in [-0.05, 0) is 18.2 Å². The average molecular weight is 272 g/mol. The minimum Gasteiger partial charge on any atom is -0.366 e. The molecule has 4 nitrogen and oxygen atoms in total. The van der Waals surface area contributed by atoms with Crippen LogP contribution in [0.25, 0.3) is 0 Å². The summed E-state index contributed by atoms with van der Waals surface area (Å²) in [4.78, 5) is 15.0. The smallest absolute Gasteiger partial charge is 0.236 e. The molecule has 2 rings (SSSR count). The van der Waals surface area contributed by atoms with E-state index < -0.39 is 0 Å². The van der Waals surface area contributed by atoms with Gasteiger partial charge in [-0.1, -0.05) is 11.6 Å². The minimum absolute atomic E-state index is 0.0194. The second-order valence-corrected chi connectivity index (χ2v) is 4.60. The SMILES string of the molecule is NCC(=O)N1CCN(c2cc(Cl)ccc2F)CC1.